The van der Waals surface area contributed by atoms with Crippen molar-refractivity contribution in [2.75, 3.05) is 19.6 Å². The van der Waals surface area contributed by atoms with E-state index in [1.165, 1.54) is 5.56 Å². The van der Waals surface area contributed by atoms with Crippen molar-refractivity contribution in [2.45, 2.75) is 39.0 Å². The fraction of sp³-hybridized carbons (Fsp3) is 0.417. The molecule has 0 radical (unpaired) electrons. The van der Waals surface area contributed by atoms with Crippen molar-refractivity contribution < 1.29 is 4.79 Å². The fourth-order valence-corrected chi connectivity index (χ4v) is 3.87. The van der Waals surface area contributed by atoms with Gasteiger partial charge in [0.25, 0.3) is 5.91 Å². The van der Waals surface area contributed by atoms with Crippen molar-refractivity contribution in [3.05, 3.63) is 53.9 Å². The first-order valence-corrected chi connectivity index (χ1v) is 10.5. The van der Waals surface area contributed by atoms with Gasteiger partial charge in [-0.3, -0.25) is 4.79 Å². The van der Waals surface area contributed by atoms with Crippen LogP contribution in [0.3, 0.4) is 0 Å². The molecular formula is C24H30N4O. The van der Waals surface area contributed by atoms with E-state index < -0.39 is 0 Å². The second-order valence-electron chi connectivity index (χ2n) is 9.05. The van der Waals surface area contributed by atoms with E-state index in [4.69, 9.17) is 0 Å². The zero-order valence-electron chi connectivity index (χ0n) is 17.5. The largest absolute Gasteiger partial charge is 0.349 e. The number of imidazole rings is 1. The smallest absolute Gasteiger partial charge is 0.287 e. The maximum Gasteiger partial charge on any atom is 0.287 e. The van der Waals surface area contributed by atoms with E-state index in [1.807, 2.05) is 6.07 Å². The number of amides is 1. The highest BCUT2D eigenvalue weighted by Crippen LogP contribution is 2.27. The Labute approximate surface area is 172 Å². The summed E-state index contributed by atoms with van der Waals surface area (Å²) in [4.78, 5) is 20.2. The summed E-state index contributed by atoms with van der Waals surface area (Å²) >= 11 is 0. The molecule has 4 rings (SSSR count). The maximum atomic E-state index is 12.5. The van der Waals surface area contributed by atoms with Crippen molar-refractivity contribution in [1.29, 1.82) is 0 Å². The molecule has 1 aliphatic heterocycles. The minimum atomic E-state index is -0.129. The van der Waals surface area contributed by atoms with Crippen LogP contribution in [0.4, 0.5) is 0 Å². The number of benzene rings is 2. The quantitative estimate of drug-likeness (QED) is 0.623. The number of rotatable bonds is 4. The van der Waals surface area contributed by atoms with Crippen molar-refractivity contribution in [2.24, 2.45) is 5.92 Å². The summed E-state index contributed by atoms with van der Waals surface area (Å²) in [6, 6.07) is 14.8. The third kappa shape index (κ3) is 4.51. The van der Waals surface area contributed by atoms with E-state index >= 15 is 0 Å². The lowest BCUT2D eigenvalue weighted by Gasteiger charge is -2.22. The van der Waals surface area contributed by atoms with Crippen LogP contribution in [0, 0.1) is 5.92 Å². The van der Waals surface area contributed by atoms with Gasteiger partial charge in [0, 0.05) is 6.54 Å². The Balaban J connectivity index is 1.49. The lowest BCUT2D eigenvalue weighted by Crippen LogP contribution is -2.36. The first kappa shape index (κ1) is 19.6. The van der Waals surface area contributed by atoms with Crippen molar-refractivity contribution in [3.8, 4) is 11.1 Å². The Morgan fingerprint density at radius 1 is 1.07 bits per heavy atom. The summed E-state index contributed by atoms with van der Waals surface area (Å²) in [6.45, 7) is 9.43. The van der Waals surface area contributed by atoms with Crippen LogP contribution in [-0.2, 0) is 5.41 Å². The molecular weight excluding hydrogens is 360 g/mol. The molecule has 5 heteroatoms. The average Bonchev–Trinajstić information content (AvgIpc) is 3.16. The van der Waals surface area contributed by atoms with Gasteiger partial charge in [0.05, 0.1) is 11.0 Å². The van der Waals surface area contributed by atoms with Crippen LogP contribution in [0.1, 0.15) is 49.8 Å². The van der Waals surface area contributed by atoms with Crippen LogP contribution in [0.5, 0.6) is 0 Å². The summed E-state index contributed by atoms with van der Waals surface area (Å²) in [5.41, 5.74) is 5.43. The Morgan fingerprint density at radius 3 is 2.45 bits per heavy atom. The molecule has 0 unspecified atom stereocenters. The Morgan fingerprint density at radius 2 is 1.76 bits per heavy atom. The average molecular weight is 391 g/mol. The number of nitrogens with one attached hydrogen (secondary N) is 3. The van der Waals surface area contributed by atoms with Crippen molar-refractivity contribution >= 4 is 16.9 Å². The van der Waals surface area contributed by atoms with Crippen LogP contribution in [0.25, 0.3) is 22.2 Å². The van der Waals surface area contributed by atoms with Gasteiger partial charge < -0.3 is 15.6 Å². The third-order valence-corrected chi connectivity index (χ3v) is 5.79. The van der Waals surface area contributed by atoms with Gasteiger partial charge in [0.1, 0.15) is 0 Å². The molecule has 152 valence electrons. The lowest BCUT2D eigenvalue weighted by atomic mass is 9.86. The van der Waals surface area contributed by atoms with Gasteiger partial charge in [-0.2, -0.15) is 0 Å². The molecule has 29 heavy (non-hydrogen) atoms. The zero-order valence-corrected chi connectivity index (χ0v) is 17.5. The molecule has 0 atom stereocenters. The Kier molecular flexibility index (Phi) is 5.41. The second-order valence-corrected chi connectivity index (χ2v) is 9.05. The molecule has 2 heterocycles. The van der Waals surface area contributed by atoms with Gasteiger partial charge in [-0.1, -0.05) is 51.1 Å². The number of fused-ring (bicyclic) bond motifs is 1. The number of aromatic nitrogens is 2. The monoisotopic (exact) mass is 390 g/mol. The number of H-pyrrole nitrogens is 1. The molecule has 0 spiro atoms. The highest BCUT2D eigenvalue weighted by molar-refractivity contribution is 5.94. The van der Waals surface area contributed by atoms with Crippen LogP contribution in [0.15, 0.2) is 42.5 Å². The number of hydrogen-bond donors (Lipinski definition) is 3. The predicted octanol–water partition coefficient (Wildman–Crippen LogP) is 4.26. The molecule has 0 saturated carbocycles. The van der Waals surface area contributed by atoms with Crippen LogP contribution in [-0.4, -0.2) is 35.5 Å². The SMILES string of the molecule is CC(C)(C)c1ccc(-c2ccc3nc(C(=O)NCC4CCNCC4)[nH]c3c2)cc1. The molecule has 1 amide bonds. The maximum absolute atomic E-state index is 12.5. The summed E-state index contributed by atoms with van der Waals surface area (Å²) in [5, 5.41) is 6.39. The van der Waals surface area contributed by atoms with Gasteiger partial charge in [0.15, 0.2) is 5.82 Å². The second kappa shape index (κ2) is 7.99. The van der Waals surface area contributed by atoms with Crippen molar-refractivity contribution in [3.63, 3.8) is 0 Å². The molecule has 2 aromatic carbocycles. The number of carbonyl (C=O) groups excluding carboxylic acids is 1. The van der Waals surface area contributed by atoms with Gasteiger partial charge >= 0.3 is 0 Å². The minimum absolute atomic E-state index is 0.129. The molecule has 1 saturated heterocycles. The fourth-order valence-electron chi connectivity index (χ4n) is 3.87. The van der Waals surface area contributed by atoms with E-state index in [9.17, 15) is 4.79 Å². The number of carbonyl (C=O) groups is 1. The molecule has 1 fully saturated rings. The molecule has 1 aliphatic rings. The van der Waals surface area contributed by atoms with Gasteiger partial charge in [-0.15, -0.1) is 0 Å². The van der Waals surface area contributed by atoms with Crippen molar-refractivity contribution in [1.82, 2.24) is 20.6 Å². The van der Waals surface area contributed by atoms with Gasteiger partial charge in [-0.05, 0) is 66.1 Å². The summed E-state index contributed by atoms with van der Waals surface area (Å²) in [5.74, 6) is 0.803. The number of nitrogens with zero attached hydrogens (tertiary/aromatic N) is 1. The standard InChI is InChI=1S/C24H30N4O/c1-24(2,3)19-7-4-17(5-8-19)18-6-9-20-21(14-18)28-22(27-20)23(29)26-15-16-10-12-25-13-11-16/h4-9,14,16,25H,10-13,15H2,1-3H3,(H,26,29)(H,27,28). The molecule has 0 bridgehead atoms. The number of aromatic amines is 1. The molecule has 5 nitrogen and oxygen atoms in total. The van der Waals surface area contributed by atoms with E-state index in [2.05, 4.69) is 77.8 Å². The normalized spacial score (nSPS) is 15.6. The van der Waals surface area contributed by atoms with Gasteiger partial charge in [-0.25, -0.2) is 4.98 Å². The summed E-state index contributed by atoms with van der Waals surface area (Å²) < 4.78 is 0. The van der Waals surface area contributed by atoms with Crippen LogP contribution >= 0.6 is 0 Å². The summed E-state index contributed by atoms with van der Waals surface area (Å²) in [6.07, 6.45) is 2.22. The molecule has 3 N–H and O–H groups in total. The lowest BCUT2D eigenvalue weighted by molar-refractivity contribution is 0.0935. The molecule has 3 aromatic rings. The number of hydrogen-bond acceptors (Lipinski definition) is 3. The topological polar surface area (TPSA) is 69.8 Å². The highest BCUT2D eigenvalue weighted by atomic mass is 16.2. The molecule has 1 aromatic heterocycles. The summed E-state index contributed by atoms with van der Waals surface area (Å²) in [7, 11) is 0. The highest BCUT2D eigenvalue weighted by Gasteiger charge is 2.17. The van der Waals surface area contributed by atoms with Gasteiger partial charge in [0.2, 0.25) is 0 Å². The van der Waals surface area contributed by atoms with E-state index in [1.54, 1.807) is 0 Å². The number of piperidine rings is 1. The predicted molar refractivity (Wildman–Crippen MR) is 118 cm³/mol. The third-order valence-electron chi connectivity index (χ3n) is 5.79. The van der Waals surface area contributed by atoms with Crippen LogP contribution in [0.2, 0.25) is 0 Å². The van der Waals surface area contributed by atoms with E-state index in [0.717, 1.165) is 48.1 Å². The molecule has 0 aliphatic carbocycles. The first-order valence-electron chi connectivity index (χ1n) is 10.5. The Hall–Kier alpha value is -2.66. The first-order chi connectivity index (χ1) is 13.9. The van der Waals surface area contributed by atoms with E-state index in [-0.39, 0.29) is 11.3 Å². The van der Waals surface area contributed by atoms with Crippen LogP contribution < -0.4 is 10.6 Å². The minimum Gasteiger partial charge on any atom is -0.349 e. The Bertz CT molecular complexity index is 992. The van der Waals surface area contributed by atoms with E-state index in [0.29, 0.717) is 18.3 Å². The zero-order chi connectivity index (χ0) is 20.4.